The third-order valence-corrected chi connectivity index (χ3v) is 3.15. The molecule has 0 fully saturated rings. The van der Waals surface area contributed by atoms with Gasteiger partial charge in [-0.1, -0.05) is 13.0 Å². The lowest BCUT2D eigenvalue weighted by atomic mass is 10.1. The zero-order chi connectivity index (χ0) is 15.4. The number of nitrogens with zero attached hydrogens (tertiary/aromatic N) is 1. The quantitative estimate of drug-likeness (QED) is 0.859. The molecular formula is C16H17FN2O2. The van der Waals surface area contributed by atoms with E-state index in [0.717, 1.165) is 6.42 Å². The number of hydrogen-bond donors (Lipinski definition) is 1. The SMILES string of the molecule is C=CCn1c(C(=O)NCCC)cc2cc(F)ccc2c1=O. The van der Waals surface area contributed by atoms with E-state index in [-0.39, 0.29) is 23.7 Å². The van der Waals surface area contributed by atoms with Crippen molar-refractivity contribution in [2.75, 3.05) is 6.54 Å². The molecule has 2 rings (SSSR count). The largest absolute Gasteiger partial charge is 0.351 e. The first-order valence-electron chi connectivity index (χ1n) is 6.80. The average molecular weight is 288 g/mol. The molecular weight excluding hydrogens is 271 g/mol. The van der Waals surface area contributed by atoms with Gasteiger partial charge in [0.15, 0.2) is 0 Å². The molecule has 0 radical (unpaired) electrons. The lowest BCUT2D eigenvalue weighted by Gasteiger charge is -2.13. The molecule has 0 bridgehead atoms. The minimum atomic E-state index is -0.441. The molecule has 0 atom stereocenters. The van der Waals surface area contributed by atoms with Crippen LogP contribution in [0.3, 0.4) is 0 Å². The van der Waals surface area contributed by atoms with Crippen LogP contribution < -0.4 is 10.9 Å². The topological polar surface area (TPSA) is 51.1 Å². The number of benzene rings is 1. The number of pyridine rings is 1. The Bertz CT molecular complexity index is 750. The number of carbonyl (C=O) groups excluding carboxylic acids is 1. The fraction of sp³-hybridized carbons (Fsp3) is 0.250. The minimum Gasteiger partial charge on any atom is -0.351 e. The summed E-state index contributed by atoms with van der Waals surface area (Å²) in [5.41, 5.74) is -0.111. The van der Waals surface area contributed by atoms with Gasteiger partial charge in [-0.2, -0.15) is 0 Å². The van der Waals surface area contributed by atoms with Crippen LogP contribution in [0.25, 0.3) is 10.8 Å². The maximum atomic E-state index is 13.3. The van der Waals surface area contributed by atoms with Crippen LogP contribution in [0.5, 0.6) is 0 Å². The molecule has 4 nitrogen and oxygen atoms in total. The standard InChI is InChI=1S/C16H17FN2O2/c1-3-7-18-15(20)14-10-11-9-12(17)5-6-13(11)16(21)19(14)8-4-2/h4-6,9-10H,2-3,7-8H2,1H3,(H,18,20). The zero-order valence-corrected chi connectivity index (χ0v) is 11.9. The van der Waals surface area contributed by atoms with Gasteiger partial charge in [-0.25, -0.2) is 4.39 Å². The van der Waals surface area contributed by atoms with Crippen molar-refractivity contribution in [3.63, 3.8) is 0 Å². The second kappa shape index (κ2) is 6.35. The van der Waals surface area contributed by atoms with Crippen LogP contribution >= 0.6 is 0 Å². The number of amides is 1. The molecule has 0 unspecified atom stereocenters. The normalized spacial score (nSPS) is 10.6. The van der Waals surface area contributed by atoms with Gasteiger partial charge in [0, 0.05) is 18.5 Å². The summed E-state index contributed by atoms with van der Waals surface area (Å²) in [5.74, 6) is -0.787. The van der Waals surface area contributed by atoms with E-state index in [2.05, 4.69) is 11.9 Å². The summed E-state index contributed by atoms with van der Waals surface area (Å²) in [5, 5.41) is 3.53. The van der Waals surface area contributed by atoms with Gasteiger partial charge in [0.05, 0.1) is 0 Å². The summed E-state index contributed by atoms with van der Waals surface area (Å²) in [6, 6.07) is 5.46. The molecule has 5 heteroatoms. The number of hydrogen-bond acceptors (Lipinski definition) is 2. The molecule has 0 spiro atoms. The highest BCUT2D eigenvalue weighted by Crippen LogP contribution is 2.14. The maximum absolute atomic E-state index is 13.3. The summed E-state index contributed by atoms with van der Waals surface area (Å²) in [6.07, 6.45) is 2.34. The smallest absolute Gasteiger partial charge is 0.268 e. The van der Waals surface area contributed by atoms with Crippen molar-refractivity contribution in [1.29, 1.82) is 0 Å². The number of carbonyl (C=O) groups is 1. The minimum absolute atomic E-state index is 0.214. The molecule has 0 saturated heterocycles. The van der Waals surface area contributed by atoms with Crippen molar-refractivity contribution >= 4 is 16.7 Å². The molecule has 0 saturated carbocycles. The number of rotatable bonds is 5. The highest BCUT2D eigenvalue weighted by Gasteiger charge is 2.14. The molecule has 21 heavy (non-hydrogen) atoms. The number of allylic oxidation sites excluding steroid dienone is 1. The Labute approximate surface area is 121 Å². The Kier molecular flexibility index (Phi) is 4.52. The lowest BCUT2D eigenvalue weighted by molar-refractivity contribution is 0.0944. The van der Waals surface area contributed by atoms with E-state index in [0.29, 0.717) is 17.3 Å². The van der Waals surface area contributed by atoms with E-state index in [9.17, 15) is 14.0 Å². The summed E-state index contributed by atoms with van der Waals surface area (Å²) in [4.78, 5) is 24.6. The van der Waals surface area contributed by atoms with Crippen LogP contribution in [0.1, 0.15) is 23.8 Å². The van der Waals surface area contributed by atoms with Gasteiger partial charge in [0.2, 0.25) is 0 Å². The maximum Gasteiger partial charge on any atom is 0.268 e. The first-order chi connectivity index (χ1) is 10.1. The summed E-state index contributed by atoms with van der Waals surface area (Å²) in [7, 11) is 0. The second-order valence-electron chi connectivity index (χ2n) is 4.72. The van der Waals surface area contributed by atoms with Crippen molar-refractivity contribution in [2.24, 2.45) is 0 Å². The van der Waals surface area contributed by atoms with Crippen LogP contribution in [-0.4, -0.2) is 17.0 Å². The van der Waals surface area contributed by atoms with E-state index in [1.165, 1.54) is 28.8 Å². The molecule has 0 aliphatic heterocycles. The van der Waals surface area contributed by atoms with E-state index in [1.54, 1.807) is 6.08 Å². The van der Waals surface area contributed by atoms with Crippen LogP contribution in [0.15, 0.2) is 41.7 Å². The van der Waals surface area contributed by atoms with Crippen LogP contribution in [-0.2, 0) is 6.54 Å². The number of nitrogens with one attached hydrogen (secondary N) is 1. The van der Waals surface area contributed by atoms with Gasteiger partial charge >= 0.3 is 0 Å². The van der Waals surface area contributed by atoms with Crippen molar-refractivity contribution in [3.05, 3.63) is 58.8 Å². The van der Waals surface area contributed by atoms with Gasteiger partial charge < -0.3 is 5.32 Å². The predicted octanol–water partition coefficient (Wildman–Crippen LogP) is 2.47. The van der Waals surface area contributed by atoms with E-state index in [4.69, 9.17) is 0 Å². The molecule has 1 N–H and O–H groups in total. The van der Waals surface area contributed by atoms with Gasteiger partial charge in [0.1, 0.15) is 11.5 Å². The first-order valence-corrected chi connectivity index (χ1v) is 6.80. The predicted molar refractivity (Wildman–Crippen MR) is 81.0 cm³/mol. The second-order valence-corrected chi connectivity index (χ2v) is 4.72. The molecule has 1 aromatic carbocycles. The molecule has 0 aliphatic rings. The fourth-order valence-electron chi connectivity index (χ4n) is 2.16. The van der Waals surface area contributed by atoms with Gasteiger partial charge in [-0.05, 0) is 36.1 Å². The van der Waals surface area contributed by atoms with Crippen molar-refractivity contribution in [2.45, 2.75) is 19.9 Å². The third-order valence-electron chi connectivity index (χ3n) is 3.15. The number of halogens is 1. The van der Waals surface area contributed by atoms with Crippen LogP contribution in [0, 0.1) is 5.82 Å². The Hall–Kier alpha value is -2.43. The highest BCUT2D eigenvalue weighted by atomic mass is 19.1. The molecule has 1 aromatic heterocycles. The monoisotopic (exact) mass is 288 g/mol. The van der Waals surface area contributed by atoms with Crippen LogP contribution in [0.4, 0.5) is 4.39 Å². The van der Waals surface area contributed by atoms with E-state index in [1.807, 2.05) is 6.92 Å². The first kappa shape index (κ1) is 15.0. The van der Waals surface area contributed by atoms with Gasteiger partial charge in [-0.3, -0.25) is 14.2 Å². The Balaban J connectivity index is 2.66. The molecule has 2 aromatic rings. The Morgan fingerprint density at radius 2 is 2.19 bits per heavy atom. The molecule has 0 aliphatic carbocycles. The van der Waals surface area contributed by atoms with E-state index >= 15 is 0 Å². The van der Waals surface area contributed by atoms with Gasteiger partial charge in [0.25, 0.3) is 11.5 Å². The molecule has 1 heterocycles. The van der Waals surface area contributed by atoms with Crippen LogP contribution in [0.2, 0.25) is 0 Å². The van der Waals surface area contributed by atoms with Crippen molar-refractivity contribution in [1.82, 2.24) is 9.88 Å². The zero-order valence-electron chi connectivity index (χ0n) is 11.9. The number of aromatic nitrogens is 1. The summed E-state index contributed by atoms with van der Waals surface area (Å²) in [6.45, 7) is 6.28. The highest BCUT2D eigenvalue weighted by molar-refractivity contribution is 5.96. The Morgan fingerprint density at radius 1 is 1.43 bits per heavy atom. The Morgan fingerprint density at radius 3 is 2.86 bits per heavy atom. The van der Waals surface area contributed by atoms with Crippen molar-refractivity contribution in [3.8, 4) is 0 Å². The lowest BCUT2D eigenvalue weighted by Crippen LogP contribution is -2.32. The molecule has 110 valence electrons. The summed E-state index contributed by atoms with van der Waals surface area (Å²) < 4.78 is 14.7. The summed E-state index contributed by atoms with van der Waals surface area (Å²) >= 11 is 0. The fourth-order valence-corrected chi connectivity index (χ4v) is 2.16. The number of fused-ring (bicyclic) bond motifs is 1. The molecule has 1 amide bonds. The average Bonchev–Trinajstić information content (AvgIpc) is 2.47. The van der Waals surface area contributed by atoms with Gasteiger partial charge in [-0.15, -0.1) is 6.58 Å². The van der Waals surface area contributed by atoms with Crippen molar-refractivity contribution < 1.29 is 9.18 Å². The third kappa shape index (κ3) is 3.02. The van der Waals surface area contributed by atoms with E-state index < -0.39 is 5.82 Å².